The second-order valence-corrected chi connectivity index (χ2v) is 6.20. The highest BCUT2D eigenvalue weighted by Crippen LogP contribution is 2.35. The molecule has 0 spiro atoms. The van der Waals surface area contributed by atoms with Gasteiger partial charge in [-0.05, 0) is 69.3 Å². The van der Waals surface area contributed by atoms with Crippen LogP contribution in [0.2, 0.25) is 0 Å². The monoisotopic (exact) mass is 295 g/mol. The molecule has 1 aromatic carbocycles. The second kappa shape index (κ2) is 6.93. The Labute approximate surface area is 128 Å². The average Bonchev–Trinajstić information content (AvgIpc) is 2.47. The van der Waals surface area contributed by atoms with E-state index in [1.54, 1.807) is 11.1 Å². The van der Waals surface area contributed by atoms with Crippen LogP contribution in [-0.4, -0.2) is 31.6 Å². The number of aryl methyl sites for hydroxylation is 1. The molecule has 20 heavy (non-hydrogen) atoms. The van der Waals surface area contributed by atoms with E-state index in [9.17, 15) is 0 Å². The third kappa shape index (κ3) is 3.19. The standard InChI is InChI=1S/C17H25NO.ClH/c1-18(2)14-10-9-13-6-5-7-15(16(13)12-14)17-8-3-4-11-19-17;/h5-7,14,17H,3-4,8-12H2,1-2H3;1H/t14-,17+;/m0./s1. The maximum atomic E-state index is 6.01. The molecule has 2 atom stereocenters. The third-order valence-electron chi connectivity index (χ3n) is 4.75. The summed E-state index contributed by atoms with van der Waals surface area (Å²) in [5.41, 5.74) is 4.62. The summed E-state index contributed by atoms with van der Waals surface area (Å²) in [6, 6.07) is 7.53. The molecular formula is C17H26ClNO. The molecule has 0 bridgehead atoms. The number of nitrogens with zero attached hydrogens (tertiary/aromatic N) is 1. The smallest absolute Gasteiger partial charge is 0.0827 e. The zero-order valence-electron chi connectivity index (χ0n) is 12.6. The van der Waals surface area contributed by atoms with Gasteiger partial charge in [0.05, 0.1) is 6.10 Å². The molecule has 1 aliphatic heterocycles. The minimum Gasteiger partial charge on any atom is -0.374 e. The fourth-order valence-electron chi connectivity index (χ4n) is 3.53. The van der Waals surface area contributed by atoms with Gasteiger partial charge in [-0.25, -0.2) is 0 Å². The van der Waals surface area contributed by atoms with Crippen LogP contribution in [0.25, 0.3) is 0 Å². The van der Waals surface area contributed by atoms with E-state index >= 15 is 0 Å². The van der Waals surface area contributed by atoms with E-state index in [0.717, 1.165) is 6.61 Å². The molecule has 0 radical (unpaired) electrons. The van der Waals surface area contributed by atoms with Gasteiger partial charge < -0.3 is 9.64 Å². The Hall–Kier alpha value is -0.570. The molecule has 2 nitrogen and oxygen atoms in total. The normalized spacial score (nSPS) is 25.9. The molecule has 1 heterocycles. The van der Waals surface area contributed by atoms with E-state index in [4.69, 9.17) is 4.74 Å². The molecule has 0 unspecified atom stereocenters. The van der Waals surface area contributed by atoms with Gasteiger partial charge in [0.15, 0.2) is 0 Å². The van der Waals surface area contributed by atoms with Crippen molar-refractivity contribution in [3.63, 3.8) is 0 Å². The van der Waals surface area contributed by atoms with Crippen LogP contribution in [-0.2, 0) is 17.6 Å². The number of hydrogen-bond acceptors (Lipinski definition) is 2. The van der Waals surface area contributed by atoms with Crippen molar-refractivity contribution in [3.05, 3.63) is 34.9 Å². The predicted octanol–water partition coefficient (Wildman–Crippen LogP) is 3.77. The molecule has 0 N–H and O–H groups in total. The van der Waals surface area contributed by atoms with E-state index < -0.39 is 0 Å². The lowest BCUT2D eigenvalue weighted by Crippen LogP contribution is -2.34. The quantitative estimate of drug-likeness (QED) is 0.823. The van der Waals surface area contributed by atoms with Gasteiger partial charge in [-0.15, -0.1) is 12.4 Å². The van der Waals surface area contributed by atoms with Crippen molar-refractivity contribution in [1.82, 2.24) is 4.90 Å². The minimum atomic E-state index is 0. The molecule has 1 saturated heterocycles. The second-order valence-electron chi connectivity index (χ2n) is 6.20. The first-order chi connectivity index (χ1) is 9.25. The molecule has 0 aromatic heterocycles. The van der Waals surface area contributed by atoms with Crippen LogP contribution in [0.1, 0.15) is 48.5 Å². The Balaban J connectivity index is 0.00000147. The highest BCUT2D eigenvalue weighted by Gasteiger charge is 2.26. The molecule has 3 heteroatoms. The number of fused-ring (bicyclic) bond motifs is 1. The van der Waals surface area contributed by atoms with Gasteiger partial charge in [-0.3, -0.25) is 0 Å². The maximum Gasteiger partial charge on any atom is 0.0827 e. The van der Waals surface area contributed by atoms with Crippen molar-refractivity contribution in [2.75, 3.05) is 20.7 Å². The van der Waals surface area contributed by atoms with Gasteiger partial charge in [-0.1, -0.05) is 18.2 Å². The molecule has 1 aromatic rings. The van der Waals surface area contributed by atoms with Crippen molar-refractivity contribution in [1.29, 1.82) is 0 Å². The number of ether oxygens (including phenoxy) is 1. The van der Waals surface area contributed by atoms with E-state index in [2.05, 4.69) is 37.2 Å². The van der Waals surface area contributed by atoms with Crippen molar-refractivity contribution >= 4 is 12.4 Å². The highest BCUT2D eigenvalue weighted by atomic mass is 35.5. The van der Waals surface area contributed by atoms with E-state index in [0.29, 0.717) is 12.1 Å². The van der Waals surface area contributed by atoms with Gasteiger partial charge in [0.2, 0.25) is 0 Å². The van der Waals surface area contributed by atoms with Crippen LogP contribution in [0.4, 0.5) is 0 Å². The maximum absolute atomic E-state index is 6.01. The Morgan fingerprint density at radius 1 is 1.15 bits per heavy atom. The number of rotatable bonds is 2. The number of halogens is 1. The molecule has 112 valence electrons. The first kappa shape index (κ1) is 15.8. The first-order valence-corrected chi connectivity index (χ1v) is 7.64. The Kier molecular flexibility index (Phi) is 5.48. The van der Waals surface area contributed by atoms with Gasteiger partial charge in [-0.2, -0.15) is 0 Å². The number of hydrogen-bond donors (Lipinski definition) is 0. The average molecular weight is 296 g/mol. The Morgan fingerprint density at radius 2 is 2.00 bits per heavy atom. The Bertz CT molecular complexity index is 441. The minimum absolute atomic E-state index is 0. The SMILES string of the molecule is CN(C)[C@H]1CCc2cccc([C@H]3CCCCO3)c2C1.Cl. The van der Waals surface area contributed by atoms with Crippen molar-refractivity contribution in [2.45, 2.75) is 50.7 Å². The zero-order chi connectivity index (χ0) is 13.2. The molecular weight excluding hydrogens is 270 g/mol. The molecule has 3 rings (SSSR count). The van der Waals surface area contributed by atoms with E-state index in [1.807, 2.05) is 0 Å². The van der Waals surface area contributed by atoms with Gasteiger partial charge in [0.25, 0.3) is 0 Å². The molecule has 1 aliphatic carbocycles. The summed E-state index contributed by atoms with van der Waals surface area (Å²) in [6.07, 6.45) is 7.79. The number of likely N-dealkylation sites (N-methyl/N-ethyl adjacent to an activating group) is 1. The summed E-state index contributed by atoms with van der Waals surface area (Å²) in [5, 5.41) is 0. The first-order valence-electron chi connectivity index (χ1n) is 7.64. The largest absolute Gasteiger partial charge is 0.374 e. The highest BCUT2D eigenvalue weighted by molar-refractivity contribution is 5.85. The summed E-state index contributed by atoms with van der Waals surface area (Å²) >= 11 is 0. The predicted molar refractivity (Wildman–Crippen MR) is 85.7 cm³/mol. The zero-order valence-corrected chi connectivity index (χ0v) is 13.4. The van der Waals surface area contributed by atoms with Crippen LogP contribution in [0.3, 0.4) is 0 Å². The topological polar surface area (TPSA) is 12.5 Å². The molecule has 1 fully saturated rings. The molecule has 0 saturated carbocycles. The van der Waals surface area contributed by atoms with Gasteiger partial charge >= 0.3 is 0 Å². The van der Waals surface area contributed by atoms with Gasteiger partial charge in [0.1, 0.15) is 0 Å². The third-order valence-corrected chi connectivity index (χ3v) is 4.75. The van der Waals surface area contributed by atoms with Crippen LogP contribution in [0, 0.1) is 0 Å². The van der Waals surface area contributed by atoms with E-state index in [-0.39, 0.29) is 12.4 Å². The van der Waals surface area contributed by atoms with Crippen LogP contribution >= 0.6 is 12.4 Å². The van der Waals surface area contributed by atoms with Crippen molar-refractivity contribution in [3.8, 4) is 0 Å². The van der Waals surface area contributed by atoms with Crippen LogP contribution in [0.15, 0.2) is 18.2 Å². The summed E-state index contributed by atoms with van der Waals surface area (Å²) in [7, 11) is 4.41. The van der Waals surface area contributed by atoms with Crippen LogP contribution in [0.5, 0.6) is 0 Å². The summed E-state index contributed by atoms with van der Waals surface area (Å²) < 4.78 is 6.01. The summed E-state index contributed by atoms with van der Waals surface area (Å²) in [6.45, 7) is 0.936. The summed E-state index contributed by atoms with van der Waals surface area (Å²) in [4.78, 5) is 2.38. The molecule has 2 aliphatic rings. The van der Waals surface area contributed by atoms with E-state index in [1.165, 1.54) is 44.1 Å². The lowest BCUT2D eigenvalue weighted by molar-refractivity contribution is 0.0141. The van der Waals surface area contributed by atoms with Gasteiger partial charge in [0, 0.05) is 12.6 Å². The van der Waals surface area contributed by atoms with Crippen LogP contribution < -0.4 is 0 Å². The molecule has 0 amide bonds. The number of benzene rings is 1. The Morgan fingerprint density at radius 3 is 2.70 bits per heavy atom. The van der Waals surface area contributed by atoms with Crippen molar-refractivity contribution < 1.29 is 4.74 Å². The summed E-state index contributed by atoms with van der Waals surface area (Å²) in [5.74, 6) is 0. The van der Waals surface area contributed by atoms with Crippen molar-refractivity contribution in [2.24, 2.45) is 0 Å². The fraction of sp³-hybridized carbons (Fsp3) is 0.647. The lowest BCUT2D eigenvalue weighted by atomic mass is 9.82. The fourth-order valence-corrected chi connectivity index (χ4v) is 3.53. The lowest BCUT2D eigenvalue weighted by Gasteiger charge is -2.33.